The first-order valence-electron chi connectivity index (χ1n) is 7.80. The Kier molecular flexibility index (Phi) is 6.09. The predicted octanol–water partition coefficient (Wildman–Crippen LogP) is 3.68. The van der Waals surface area contributed by atoms with Crippen LogP contribution >= 0.6 is 0 Å². The molecular formula is C17H18F4N2O4S. The third-order valence-electron chi connectivity index (χ3n) is 3.94. The van der Waals surface area contributed by atoms with Gasteiger partial charge in [-0.05, 0) is 31.2 Å². The van der Waals surface area contributed by atoms with E-state index in [0.29, 0.717) is 6.07 Å². The summed E-state index contributed by atoms with van der Waals surface area (Å²) in [6.07, 6.45) is -4.95. The molecule has 0 radical (unpaired) electrons. The van der Waals surface area contributed by atoms with E-state index in [-0.39, 0.29) is 22.7 Å². The Morgan fingerprint density at radius 2 is 1.64 bits per heavy atom. The van der Waals surface area contributed by atoms with Crippen molar-refractivity contribution in [1.29, 1.82) is 0 Å². The summed E-state index contributed by atoms with van der Waals surface area (Å²) in [7, 11) is -1.88. The van der Waals surface area contributed by atoms with Gasteiger partial charge in [0, 0.05) is 17.3 Å². The molecule has 2 aromatic carbocycles. The fourth-order valence-corrected chi connectivity index (χ4v) is 3.36. The van der Waals surface area contributed by atoms with Gasteiger partial charge in [-0.2, -0.15) is 13.2 Å². The van der Waals surface area contributed by atoms with Crippen molar-refractivity contribution in [1.82, 2.24) is 0 Å². The summed E-state index contributed by atoms with van der Waals surface area (Å²) in [6.45, 7) is 1.52. The summed E-state index contributed by atoms with van der Waals surface area (Å²) >= 11 is 0. The zero-order valence-corrected chi connectivity index (χ0v) is 15.9. The molecule has 2 aromatic rings. The minimum absolute atomic E-state index is 0.0681. The number of hydrogen-bond donors (Lipinski definition) is 2. The lowest BCUT2D eigenvalue weighted by Gasteiger charge is -2.20. The molecular weight excluding hydrogens is 404 g/mol. The standard InChI is InChI=1S/C17H18F4N2O4S/c1-9(11-7-14(26-2)15(27-3)8-13(11)18)23-10-4-5-16(28(22,24)25)12(6-10)17(19,20)21/h4-9,23H,1-3H3,(H2,22,24,25). The minimum atomic E-state index is -4.95. The van der Waals surface area contributed by atoms with Crippen molar-refractivity contribution in [3.8, 4) is 11.5 Å². The third-order valence-corrected chi connectivity index (χ3v) is 4.91. The van der Waals surface area contributed by atoms with Crippen LogP contribution in [0.15, 0.2) is 35.2 Å². The molecule has 28 heavy (non-hydrogen) atoms. The average molecular weight is 422 g/mol. The molecule has 1 atom stereocenters. The highest BCUT2D eigenvalue weighted by molar-refractivity contribution is 7.89. The summed E-state index contributed by atoms with van der Waals surface area (Å²) in [5.41, 5.74) is -1.37. The summed E-state index contributed by atoms with van der Waals surface area (Å²) in [5, 5.41) is 7.56. The second-order valence-corrected chi connectivity index (χ2v) is 7.38. The van der Waals surface area contributed by atoms with E-state index in [4.69, 9.17) is 14.6 Å². The molecule has 0 spiro atoms. The van der Waals surface area contributed by atoms with Crippen LogP contribution < -0.4 is 19.9 Å². The van der Waals surface area contributed by atoms with Gasteiger partial charge in [-0.1, -0.05) is 0 Å². The average Bonchev–Trinajstić information content (AvgIpc) is 2.59. The Balaban J connectivity index is 2.43. The van der Waals surface area contributed by atoms with Crippen LogP contribution in [0.5, 0.6) is 11.5 Å². The fourth-order valence-electron chi connectivity index (χ4n) is 2.62. The van der Waals surface area contributed by atoms with Crippen LogP contribution in [-0.4, -0.2) is 22.6 Å². The van der Waals surface area contributed by atoms with Gasteiger partial charge in [-0.3, -0.25) is 0 Å². The zero-order chi connectivity index (χ0) is 21.3. The lowest BCUT2D eigenvalue weighted by Crippen LogP contribution is -2.19. The lowest BCUT2D eigenvalue weighted by atomic mass is 10.1. The maximum Gasteiger partial charge on any atom is 0.417 e. The van der Waals surface area contributed by atoms with E-state index in [9.17, 15) is 26.0 Å². The van der Waals surface area contributed by atoms with E-state index in [1.165, 1.54) is 27.2 Å². The summed E-state index contributed by atoms with van der Waals surface area (Å²) < 4.78 is 86.9. The van der Waals surface area contributed by atoms with Crippen molar-refractivity contribution in [2.75, 3.05) is 19.5 Å². The molecule has 0 saturated heterocycles. The number of nitrogens with one attached hydrogen (secondary N) is 1. The third kappa shape index (κ3) is 4.65. The quantitative estimate of drug-likeness (QED) is 0.693. The van der Waals surface area contributed by atoms with Gasteiger partial charge in [0.15, 0.2) is 11.5 Å². The van der Waals surface area contributed by atoms with Gasteiger partial charge < -0.3 is 14.8 Å². The summed E-state index contributed by atoms with van der Waals surface area (Å²) in [5.74, 6) is -0.254. The molecule has 0 heterocycles. The number of ether oxygens (including phenoxy) is 2. The van der Waals surface area contributed by atoms with Crippen LogP contribution in [-0.2, 0) is 16.2 Å². The van der Waals surface area contributed by atoms with E-state index in [1.807, 2.05) is 0 Å². The largest absolute Gasteiger partial charge is 0.493 e. The molecule has 0 aliphatic rings. The molecule has 0 aliphatic heterocycles. The predicted molar refractivity (Wildman–Crippen MR) is 94.4 cm³/mol. The molecule has 1 unspecified atom stereocenters. The monoisotopic (exact) mass is 422 g/mol. The molecule has 0 amide bonds. The minimum Gasteiger partial charge on any atom is -0.493 e. The number of sulfonamides is 1. The number of halogens is 4. The van der Waals surface area contributed by atoms with E-state index in [0.717, 1.165) is 18.2 Å². The Bertz CT molecular complexity index is 978. The van der Waals surface area contributed by atoms with Crippen molar-refractivity contribution in [3.63, 3.8) is 0 Å². The normalized spacial score (nSPS) is 13.1. The summed E-state index contributed by atoms with van der Waals surface area (Å²) in [4.78, 5) is -1.05. The molecule has 154 valence electrons. The molecule has 2 rings (SSSR count). The van der Waals surface area contributed by atoms with Crippen LogP contribution in [0.25, 0.3) is 0 Å². The first kappa shape index (κ1) is 21.8. The van der Waals surface area contributed by atoms with Crippen LogP contribution in [0, 0.1) is 5.82 Å². The maximum atomic E-state index is 14.3. The lowest BCUT2D eigenvalue weighted by molar-refractivity contribution is -0.139. The Morgan fingerprint density at radius 1 is 1.07 bits per heavy atom. The first-order valence-corrected chi connectivity index (χ1v) is 9.35. The molecule has 0 aromatic heterocycles. The van der Waals surface area contributed by atoms with Gasteiger partial charge in [-0.15, -0.1) is 0 Å². The number of primary sulfonamides is 1. The number of benzene rings is 2. The molecule has 0 fully saturated rings. The van der Waals surface area contributed by atoms with Crippen LogP contribution in [0.4, 0.5) is 23.2 Å². The number of rotatable bonds is 6. The zero-order valence-electron chi connectivity index (χ0n) is 15.1. The van der Waals surface area contributed by atoms with Crippen molar-refractivity contribution in [2.45, 2.75) is 24.0 Å². The molecule has 6 nitrogen and oxygen atoms in total. The number of methoxy groups -OCH3 is 2. The highest BCUT2D eigenvalue weighted by atomic mass is 32.2. The van der Waals surface area contributed by atoms with Gasteiger partial charge in [-0.25, -0.2) is 17.9 Å². The maximum absolute atomic E-state index is 14.3. The van der Waals surface area contributed by atoms with Gasteiger partial charge >= 0.3 is 6.18 Å². The van der Waals surface area contributed by atoms with E-state index < -0.39 is 38.5 Å². The van der Waals surface area contributed by atoms with Crippen molar-refractivity contribution >= 4 is 15.7 Å². The van der Waals surface area contributed by atoms with Crippen molar-refractivity contribution in [2.24, 2.45) is 5.14 Å². The highest BCUT2D eigenvalue weighted by Crippen LogP contribution is 2.37. The van der Waals surface area contributed by atoms with Gasteiger partial charge in [0.1, 0.15) is 5.82 Å². The first-order chi connectivity index (χ1) is 12.9. The number of hydrogen-bond acceptors (Lipinski definition) is 5. The Morgan fingerprint density at radius 3 is 2.14 bits per heavy atom. The van der Waals surface area contributed by atoms with Gasteiger partial charge in [0.25, 0.3) is 0 Å². The molecule has 0 aliphatic carbocycles. The van der Waals surface area contributed by atoms with E-state index >= 15 is 0 Å². The van der Waals surface area contributed by atoms with Gasteiger partial charge in [0.05, 0.1) is 30.7 Å². The smallest absolute Gasteiger partial charge is 0.417 e. The fraction of sp³-hybridized carbons (Fsp3) is 0.294. The van der Waals surface area contributed by atoms with Crippen molar-refractivity contribution in [3.05, 3.63) is 47.3 Å². The van der Waals surface area contributed by atoms with Crippen LogP contribution in [0.1, 0.15) is 24.1 Å². The SMILES string of the molecule is COc1cc(F)c(C(C)Nc2ccc(S(N)(=O)=O)c(C(F)(F)F)c2)cc1OC. The highest BCUT2D eigenvalue weighted by Gasteiger charge is 2.36. The number of anilines is 1. The van der Waals surface area contributed by atoms with E-state index in [1.54, 1.807) is 0 Å². The topological polar surface area (TPSA) is 90.6 Å². The molecule has 3 N–H and O–H groups in total. The number of alkyl halides is 3. The second-order valence-electron chi connectivity index (χ2n) is 5.85. The van der Waals surface area contributed by atoms with Crippen LogP contribution in [0.2, 0.25) is 0 Å². The Hall–Kier alpha value is -2.53. The molecule has 0 saturated carbocycles. The van der Waals surface area contributed by atoms with Crippen LogP contribution in [0.3, 0.4) is 0 Å². The molecule has 0 bridgehead atoms. The molecule has 11 heteroatoms. The van der Waals surface area contributed by atoms with Crippen molar-refractivity contribution < 1.29 is 35.5 Å². The second kappa shape index (κ2) is 7.84. The Labute approximate surface area is 159 Å². The van der Waals surface area contributed by atoms with E-state index in [2.05, 4.69) is 5.32 Å². The van der Waals surface area contributed by atoms with Gasteiger partial charge in [0.2, 0.25) is 10.0 Å². The number of nitrogens with two attached hydrogens (primary N) is 1. The summed E-state index contributed by atoms with van der Waals surface area (Å²) in [6, 6.07) is 4.14.